The van der Waals surface area contributed by atoms with Gasteiger partial charge < -0.3 is 10.5 Å². The molecule has 0 bridgehead atoms. The molecular weight excluding hydrogens is 223 g/mol. The van der Waals surface area contributed by atoms with E-state index in [1.807, 2.05) is 0 Å². The Labute approximate surface area is 98.0 Å². The highest BCUT2D eigenvalue weighted by Crippen LogP contribution is 2.17. The summed E-state index contributed by atoms with van der Waals surface area (Å²) in [5.41, 5.74) is 6.53. The van der Waals surface area contributed by atoms with E-state index in [0.717, 1.165) is 0 Å². The summed E-state index contributed by atoms with van der Waals surface area (Å²) in [6.07, 6.45) is 1.74. The number of aromatic nitrogens is 3. The number of ether oxygens (including phenoxy) is 1. The Kier molecular flexibility index (Phi) is 3.34. The lowest BCUT2D eigenvalue weighted by Crippen LogP contribution is -2.01. The monoisotopic (exact) mass is 236 g/mol. The fraction of sp³-hybridized carbons (Fsp3) is 0.273. The van der Waals surface area contributed by atoms with Crippen LogP contribution in [0.1, 0.15) is 11.3 Å². The van der Waals surface area contributed by atoms with E-state index in [1.54, 1.807) is 30.1 Å². The molecule has 0 saturated carbocycles. The van der Waals surface area contributed by atoms with Gasteiger partial charge in [-0.05, 0) is 6.07 Å². The van der Waals surface area contributed by atoms with Gasteiger partial charge in [-0.1, -0.05) is 11.3 Å². The van der Waals surface area contributed by atoms with Gasteiger partial charge in [0.15, 0.2) is 0 Å². The number of benzene rings is 1. The largest absolute Gasteiger partial charge is 0.487 e. The minimum absolute atomic E-state index is 0.177. The molecule has 1 aromatic heterocycles. The van der Waals surface area contributed by atoms with Gasteiger partial charge >= 0.3 is 0 Å². The third-order valence-corrected chi connectivity index (χ3v) is 2.28. The van der Waals surface area contributed by atoms with Gasteiger partial charge in [0.2, 0.25) is 0 Å². The van der Waals surface area contributed by atoms with Gasteiger partial charge in [0.05, 0.1) is 6.20 Å². The molecule has 90 valence electrons. The van der Waals surface area contributed by atoms with Crippen molar-refractivity contribution in [1.29, 1.82) is 0 Å². The van der Waals surface area contributed by atoms with Crippen molar-refractivity contribution in [3.05, 3.63) is 41.5 Å². The summed E-state index contributed by atoms with van der Waals surface area (Å²) < 4.78 is 20.4. The lowest BCUT2D eigenvalue weighted by atomic mass is 10.2. The fourth-order valence-electron chi connectivity index (χ4n) is 1.40. The smallest absolute Gasteiger partial charge is 0.134 e. The molecule has 0 saturated heterocycles. The van der Waals surface area contributed by atoms with E-state index in [4.69, 9.17) is 10.5 Å². The third-order valence-electron chi connectivity index (χ3n) is 2.28. The molecule has 0 spiro atoms. The zero-order chi connectivity index (χ0) is 12.3. The fourth-order valence-corrected chi connectivity index (χ4v) is 1.40. The van der Waals surface area contributed by atoms with Crippen LogP contribution in [0.25, 0.3) is 0 Å². The number of nitrogens with two attached hydrogens (primary N) is 1. The van der Waals surface area contributed by atoms with E-state index < -0.39 is 0 Å². The average molecular weight is 236 g/mol. The Balaban J connectivity index is 2.02. The molecule has 0 aliphatic rings. The molecule has 2 N–H and O–H groups in total. The highest BCUT2D eigenvalue weighted by Gasteiger charge is 2.04. The van der Waals surface area contributed by atoms with Gasteiger partial charge in [-0.3, -0.25) is 4.68 Å². The van der Waals surface area contributed by atoms with Crippen LogP contribution in [0.3, 0.4) is 0 Å². The first-order valence-electron chi connectivity index (χ1n) is 5.15. The second-order valence-corrected chi connectivity index (χ2v) is 3.63. The Morgan fingerprint density at radius 3 is 2.88 bits per heavy atom. The van der Waals surface area contributed by atoms with Crippen LogP contribution in [0.4, 0.5) is 4.39 Å². The maximum absolute atomic E-state index is 13.4. The first-order chi connectivity index (χ1) is 8.19. The highest BCUT2D eigenvalue weighted by molar-refractivity contribution is 5.28. The van der Waals surface area contributed by atoms with E-state index in [9.17, 15) is 4.39 Å². The molecule has 2 aromatic rings. The molecule has 0 atom stereocenters. The van der Waals surface area contributed by atoms with E-state index in [1.165, 1.54) is 6.07 Å². The van der Waals surface area contributed by atoms with Crippen molar-refractivity contribution in [2.24, 2.45) is 12.8 Å². The minimum atomic E-state index is -0.357. The maximum atomic E-state index is 13.4. The molecule has 1 aromatic carbocycles. The van der Waals surface area contributed by atoms with Crippen molar-refractivity contribution in [1.82, 2.24) is 15.0 Å². The van der Waals surface area contributed by atoms with Gasteiger partial charge in [-0.2, -0.15) is 0 Å². The lowest BCUT2D eigenvalue weighted by molar-refractivity contribution is 0.299. The highest BCUT2D eigenvalue weighted by atomic mass is 19.1. The van der Waals surface area contributed by atoms with Gasteiger partial charge in [-0.25, -0.2) is 4.39 Å². The SMILES string of the molecule is Cn1cc(COc2ccc(CN)c(F)c2)nn1. The molecule has 0 radical (unpaired) electrons. The summed E-state index contributed by atoms with van der Waals surface area (Å²) in [5, 5.41) is 7.63. The Morgan fingerprint density at radius 2 is 2.29 bits per heavy atom. The van der Waals surface area contributed by atoms with Crippen molar-refractivity contribution in [3.8, 4) is 5.75 Å². The molecule has 1 heterocycles. The first kappa shape index (κ1) is 11.5. The lowest BCUT2D eigenvalue weighted by Gasteiger charge is -2.05. The van der Waals surface area contributed by atoms with E-state index in [-0.39, 0.29) is 19.0 Å². The summed E-state index contributed by atoms with van der Waals surface area (Å²) in [5.74, 6) is 0.0921. The van der Waals surface area contributed by atoms with Crippen molar-refractivity contribution >= 4 is 0 Å². The predicted molar refractivity (Wildman–Crippen MR) is 59.6 cm³/mol. The predicted octanol–water partition coefficient (Wildman–Crippen LogP) is 0.992. The standard InChI is InChI=1S/C11H13FN4O/c1-16-6-9(14-15-16)7-17-10-3-2-8(5-13)11(12)4-10/h2-4,6H,5,7,13H2,1H3. The molecule has 6 heteroatoms. The number of halogens is 1. The second-order valence-electron chi connectivity index (χ2n) is 3.63. The van der Waals surface area contributed by atoms with Crippen molar-refractivity contribution in [3.63, 3.8) is 0 Å². The minimum Gasteiger partial charge on any atom is -0.487 e. The molecule has 0 fully saturated rings. The van der Waals surface area contributed by atoms with Crippen LogP contribution in [-0.2, 0) is 20.2 Å². The van der Waals surface area contributed by atoms with E-state index in [2.05, 4.69) is 10.3 Å². The topological polar surface area (TPSA) is 66.0 Å². The van der Waals surface area contributed by atoms with Crippen LogP contribution in [0.2, 0.25) is 0 Å². The molecular formula is C11H13FN4O. The summed E-state index contributed by atoms with van der Waals surface area (Å²) in [4.78, 5) is 0. The van der Waals surface area contributed by atoms with Crippen LogP contribution in [0, 0.1) is 5.82 Å². The molecule has 17 heavy (non-hydrogen) atoms. The van der Waals surface area contributed by atoms with Crippen LogP contribution in [-0.4, -0.2) is 15.0 Å². The van der Waals surface area contributed by atoms with E-state index in [0.29, 0.717) is 17.0 Å². The molecule has 0 aliphatic carbocycles. The molecule has 0 unspecified atom stereocenters. The number of hydrogen-bond donors (Lipinski definition) is 1. The number of nitrogens with zero attached hydrogens (tertiary/aromatic N) is 3. The van der Waals surface area contributed by atoms with Crippen LogP contribution in [0.5, 0.6) is 5.75 Å². The number of hydrogen-bond acceptors (Lipinski definition) is 4. The summed E-state index contributed by atoms with van der Waals surface area (Å²) in [6.45, 7) is 0.436. The summed E-state index contributed by atoms with van der Waals surface area (Å²) in [6, 6.07) is 4.61. The average Bonchev–Trinajstić information content (AvgIpc) is 2.73. The van der Waals surface area contributed by atoms with Gasteiger partial charge in [-0.15, -0.1) is 5.10 Å². The van der Waals surface area contributed by atoms with Crippen molar-refractivity contribution in [2.75, 3.05) is 0 Å². The third kappa shape index (κ3) is 2.79. The second kappa shape index (κ2) is 4.92. The zero-order valence-corrected chi connectivity index (χ0v) is 9.43. The van der Waals surface area contributed by atoms with Gasteiger partial charge in [0.1, 0.15) is 23.9 Å². The zero-order valence-electron chi connectivity index (χ0n) is 9.43. The maximum Gasteiger partial charge on any atom is 0.134 e. The van der Waals surface area contributed by atoms with E-state index >= 15 is 0 Å². The summed E-state index contributed by atoms with van der Waals surface area (Å²) in [7, 11) is 1.77. The first-order valence-corrected chi connectivity index (χ1v) is 5.15. The van der Waals surface area contributed by atoms with Gasteiger partial charge in [0.25, 0.3) is 0 Å². The van der Waals surface area contributed by atoms with Gasteiger partial charge in [0, 0.05) is 25.2 Å². The van der Waals surface area contributed by atoms with Crippen LogP contribution >= 0.6 is 0 Å². The molecule has 0 aliphatic heterocycles. The summed E-state index contributed by atoms with van der Waals surface area (Å²) >= 11 is 0. The number of aryl methyl sites for hydroxylation is 1. The normalized spacial score (nSPS) is 10.5. The Morgan fingerprint density at radius 1 is 1.47 bits per heavy atom. The molecule has 5 nitrogen and oxygen atoms in total. The van der Waals surface area contributed by atoms with Crippen LogP contribution in [0.15, 0.2) is 24.4 Å². The van der Waals surface area contributed by atoms with Crippen LogP contribution < -0.4 is 10.5 Å². The number of rotatable bonds is 4. The Hall–Kier alpha value is -1.95. The molecule has 2 rings (SSSR count). The van der Waals surface area contributed by atoms with Crippen molar-refractivity contribution in [2.45, 2.75) is 13.2 Å². The Bertz CT molecular complexity index is 512. The quantitative estimate of drug-likeness (QED) is 0.859. The molecule has 0 amide bonds. The van der Waals surface area contributed by atoms with Crippen molar-refractivity contribution < 1.29 is 9.13 Å².